The van der Waals surface area contributed by atoms with Gasteiger partial charge in [0.1, 0.15) is 11.9 Å². The quantitative estimate of drug-likeness (QED) is 0.575. The number of carbonyl (C=O) groups excluding carboxylic acids is 2. The molecule has 8 heteroatoms. The minimum absolute atomic E-state index is 0.162. The number of hydrogen-bond donors (Lipinski definition) is 2. The highest BCUT2D eigenvalue weighted by molar-refractivity contribution is 6.34. The standard InChI is InChI=1S/C25H27ClN4O3/c1-3-30(4-2)10-9-28-24(31)17-11-16(14-27-15-17)23-8-6-19(33-23)13-21-20-12-18(26)5-7-22(20)29-25(21)32/h5,7-8,11-15,19H,3-4,6,9-10H2,1-2H3,(H,28,31)(H,29,32)/b21-13+. The molecule has 0 bridgehead atoms. The molecule has 2 aliphatic heterocycles. The van der Waals surface area contributed by atoms with E-state index in [1.165, 1.54) is 0 Å². The first-order valence-electron chi connectivity index (χ1n) is 11.1. The van der Waals surface area contributed by atoms with Crippen LogP contribution >= 0.6 is 11.6 Å². The first kappa shape index (κ1) is 23.0. The molecule has 1 aromatic heterocycles. The normalized spacial score (nSPS) is 18.2. The number of fused-ring (bicyclic) bond motifs is 1. The van der Waals surface area contributed by atoms with Crippen LogP contribution in [0.3, 0.4) is 0 Å². The smallest absolute Gasteiger partial charge is 0.256 e. The molecule has 2 aromatic rings. The van der Waals surface area contributed by atoms with Crippen molar-refractivity contribution < 1.29 is 14.3 Å². The molecular weight excluding hydrogens is 440 g/mol. The van der Waals surface area contributed by atoms with Crippen LogP contribution in [0.4, 0.5) is 5.69 Å². The maximum absolute atomic E-state index is 12.6. The molecule has 0 aliphatic carbocycles. The summed E-state index contributed by atoms with van der Waals surface area (Å²) in [6.07, 6.45) is 7.31. The lowest BCUT2D eigenvalue weighted by atomic mass is 10.0. The molecule has 3 heterocycles. The number of anilines is 1. The van der Waals surface area contributed by atoms with Gasteiger partial charge in [0, 0.05) is 59.3 Å². The summed E-state index contributed by atoms with van der Waals surface area (Å²) in [5, 5.41) is 6.36. The number of carbonyl (C=O) groups is 2. The minimum Gasteiger partial charge on any atom is -0.486 e. The van der Waals surface area contributed by atoms with Crippen LogP contribution in [-0.2, 0) is 9.53 Å². The van der Waals surface area contributed by atoms with E-state index >= 15 is 0 Å². The van der Waals surface area contributed by atoms with E-state index in [9.17, 15) is 9.59 Å². The molecule has 2 aliphatic rings. The first-order chi connectivity index (χ1) is 16.0. The van der Waals surface area contributed by atoms with Gasteiger partial charge in [-0.25, -0.2) is 0 Å². The molecule has 0 fully saturated rings. The van der Waals surface area contributed by atoms with Gasteiger partial charge in [0.25, 0.3) is 11.8 Å². The van der Waals surface area contributed by atoms with Crippen molar-refractivity contribution in [3.8, 4) is 0 Å². The first-order valence-corrected chi connectivity index (χ1v) is 11.5. The Bertz CT molecular complexity index is 1120. The van der Waals surface area contributed by atoms with Crippen molar-refractivity contribution in [1.82, 2.24) is 15.2 Å². The van der Waals surface area contributed by atoms with Crippen LogP contribution in [-0.4, -0.2) is 54.0 Å². The van der Waals surface area contributed by atoms with Crippen LogP contribution in [0, 0.1) is 0 Å². The lowest BCUT2D eigenvalue weighted by Crippen LogP contribution is -2.34. The van der Waals surface area contributed by atoms with Crippen molar-refractivity contribution in [3.63, 3.8) is 0 Å². The number of likely N-dealkylation sites (N-methyl/N-ethyl adjacent to an activating group) is 1. The predicted molar refractivity (Wildman–Crippen MR) is 130 cm³/mol. The molecule has 1 aromatic carbocycles. The third kappa shape index (κ3) is 5.26. The molecule has 1 unspecified atom stereocenters. The molecule has 2 amide bonds. The molecule has 1 atom stereocenters. The predicted octanol–water partition coefficient (Wildman–Crippen LogP) is 3.97. The van der Waals surface area contributed by atoms with E-state index in [1.54, 1.807) is 36.7 Å². The second-order valence-corrected chi connectivity index (χ2v) is 8.37. The number of nitrogens with one attached hydrogen (secondary N) is 2. The Labute approximate surface area is 198 Å². The van der Waals surface area contributed by atoms with Crippen LogP contribution in [0.15, 0.2) is 48.8 Å². The Morgan fingerprint density at radius 1 is 1.30 bits per heavy atom. The molecular formula is C25H27ClN4O3. The van der Waals surface area contributed by atoms with Gasteiger partial charge in [0.2, 0.25) is 0 Å². The van der Waals surface area contributed by atoms with E-state index < -0.39 is 0 Å². The highest BCUT2D eigenvalue weighted by Crippen LogP contribution is 2.36. The van der Waals surface area contributed by atoms with Gasteiger partial charge in [-0.05, 0) is 49.5 Å². The van der Waals surface area contributed by atoms with E-state index in [-0.39, 0.29) is 17.9 Å². The number of amides is 2. The molecule has 0 radical (unpaired) electrons. The van der Waals surface area contributed by atoms with Gasteiger partial charge >= 0.3 is 0 Å². The summed E-state index contributed by atoms with van der Waals surface area (Å²) in [6, 6.07) is 7.09. The fourth-order valence-corrected chi connectivity index (χ4v) is 4.12. The third-order valence-electron chi connectivity index (χ3n) is 5.82. The average Bonchev–Trinajstić information content (AvgIpc) is 3.41. The summed E-state index contributed by atoms with van der Waals surface area (Å²) in [6.45, 7) is 7.49. The molecule has 0 saturated heterocycles. The molecule has 4 rings (SSSR count). The van der Waals surface area contributed by atoms with Crippen molar-refractivity contribution in [1.29, 1.82) is 0 Å². The summed E-state index contributed by atoms with van der Waals surface area (Å²) in [4.78, 5) is 31.4. The lowest BCUT2D eigenvalue weighted by Gasteiger charge is -2.18. The summed E-state index contributed by atoms with van der Waals surface area (Å²) < 4.78 is 6.07. The van der Waals surface area contributed by atoms with E-state index in [4.69, 9.17) is 16.3 Å². The zero-order valence-corrected chi connectivity index (χ0v) is 19.5. The van der Waals surface area contributed by atoms with E-state index in [1.807, 2.05) is 12.2 Å². The average molecular weight is 467 g/mol. The summed E-state index contributed by atoms with van der Waals surface area (Å²) in [5.74, 6) is 0.311. The van der Waals surface area contributed by atoms with Crippen molar-refractivity contribution in [2.45, 2.75) is 26.4 Å². The van der Waals surface area contributed by atoms with Gasteiger partial charge < -0.3 is 20.3 Å². The number of rotatable bonds is 8. The Morgan fingerprint density at radius 2 is 2.12 bits per heavy atom. The zero-order chi connectivity index (χ0) is 23.4. The SMILES string of the molecule is CCN(CC)CCNC(=O)c1cncc(C2=CCC(/C=C3/C(=O)Nc4ccc(Cl)cc43)O2)c1. The molecule has 33 heavy (non-hydrogen) atoms. The van der Waals surface area contributed by atoms with Gasteiger partial charge in [0.05, 0.1) is 5.56 Å². The Kier molecular flexibility index (Phi) is 7.11. The molecule has 7 nitrogen and oxygen atoms in total. The highest BCUT2D eigenvalue weighted by atomic mass is 35.5. The largest absolute Gasteiger partial charge is 0.486 e. The van der Waals surface area contributed by atoms with Gasteiger partial charge in [-0.15, -0.1) is 0 Å². The Hall–Kier alpha value is -3.16. The second kappa shape index (κ2) is 10.2. The number of aromatic nitrogens is 1. The van der Waals surface area contributed by atoms with Gasteiger partial charge in [-0.2, -0.15) is 0 Å². The van der Waals surface area contributed by atoms with E-state index in [0.717, 1.165) is 36.4 Å². The molecule has 172 valence electrons. The van der Waals surface area contributed by atoms with Crippen LogP contribution in [0.2, 0.25) is 5.02 Å². The minimum atomic E-state index is -0.294. The summed E-state index contributed by atoms with van der Waals surface area (Å²) in [7, 11) is 0. The fraction of sp³-hybridized carbons (Fsp3) is 0.320. The molecule has 2 N–H and O–H groups in total. The lowest BCUT2D eigenvalue weighted by molar-refractivity contribution is -0.110. The zero-order valence-electron chi connectivity index (χ0n) is 18.7. The maximum Gasteiger partial charge on any atom is 0.256 e. The van der Waals surface area contributed by atoms with E-state index in [0.29, 0.717) is 34.9 Å². The number of pyridine rings is 1. The van der Waals surface area contributed by atoms with Crippen molar-refractivity contribution in [2.75, 3.05) is 31.5 Å². The van der Waals surface area contributed by atoms with Crippen molar-refractivity contribution in [3.05, 3.63) is 70.5 Å². The number of benzene rings is 1. The monoisotopic (exact) mass is 466 g/mol. The second-order valence-electron chi connectivity index (χ2n) is 7.93. The van der Waals surface area contributed by atoms with Crippen LogP contribution in [0.5, 0.6) is 0 Å². The number of hydrogen-bond acceptors (Lipinski definition) is 5. The summed E-state index contributed by atoms with van der Waals surface area (Å²) >= 11 is 6.11. The maximum atomic E-state index is 12.6. The van der Waals surface area contributed by atoms with Gasteiger partial charge in [-0.1, -0.05) is 25.4 Å². The fourth-order valence-electron chi connectivity index (χ4n) is 3.95. The van der Waals surface area contributed by atoms with Crippen molar-refractivity contribution in [2.24, 2.45) is 0 Å². The van der Waals surface area contributed by atoms with E-state index in [2.05, 4.69) is 34.4 Å². The number of nitrogens with zero attached hydrogens (tertiary/aromatic N) is 2. The van der Waals surface area contributed by atoms with Gasteiger partial charge in [0.15, 0.2) is 0 Å². The van der Waals surface area contributed by atoms with Crippen LogP contribution in [0.1, 0.15) is 41.8 Å². The molecule has 0 saturated carbocycles. The van der Waals surface area contributed by atoms with Gasteiger partial charge in [-0.3, -0.25) is 14.6 Å². The number of ether oxygens (including phenoxy) is 1. The third-order valence-corrected chi connectivity index (χ3v) is 6.06. The highest BCUT2D eigenvalue weighted by Gasteiger charge is 2.27. The van der Waals surface area contributed by atoms with Crippen LogP contribution in [0.25, 0.3) is 11.3 Å². The topological polar surface area (TPSA) is 83.6 Å². The Morgan fingerprint density at radius 3 is 2.91 bits per heavy atom. The van der Waals surface area contributed by atoms with Crippen molar-refractivity contribution >= 4 is 40.4 Å². The number of halogens is 1. The van der Waals surface area contributed by atoms with Crippen LogP contribution < -0.4 is 10.6 Å². The molecule has 0 spiro atoms. The Balaban J connectivity index is 1.41. The summed E-state index contributed by atoms with van der Waals surface area (Å²) in [5.41, 5.74) is 3.27.